The molecule has 0 spiro atoms. The van der Waals surface area contributed by atoms with Crippen molar-refractivity contribution in [1.82, 2.24) is 0 Å². The third-order valence-electron chi connectivity index (χ3n) is 4.59. The van der Waals surface area contributed by atoms with Crippen LogP contribution in [0.5, 0.6) is 0 Å². The smallest absolute Gasteiger partial charge is 0.123 e. The van der Waals surface area contributed by atoms with Crippen LogP contribution < -0.4 is 0 Å². The minimum absolute atomic E-state index is 0.187. The molecule has 1 heteroatoms. The molecule has 0 saturated heterocycles. The Morgan fingerprint density at radius 2 is 1.52 bits per heavy atom. The summed E-state index contributed by atoms with van der Waals surface area (Å²) >= 11 is 0. The first-order valence-electron chi connectivity index (χ1n) is 8.60. The molecule has 0 radical (unpaired) electrons. The van der Waals surface area contributed by atoms with E-state index >= 15 is 0 Å². The molecule has 122 valence electrons. The number of fused-ring (bicyclic) bond motifs is 1. The van der Waals surface area contributed by atoms with E-state index in [0.29, 0.717) is 0 Å². The maximum atomic E-state index is 13.3. The van der Waals surface area contributed by atoms with E-state index in [2.05, 4.69) is 66.7 Å². The zero-order valence-electron chi connectivity index (χ0n) is 14.0. The Morgan fingerprint density at radius 3 is 2.40 bits per heavy atom. The van der Waals surface area contributed by atoms with E-state index in [1.165, 1.54) is 22.8 Å². The van der Waals surface area contributed by atoms with Crippen molar-refractivity contribution in [2.45, 2.75) is 12.8 Å². The Morgan fingerprint density at radius 1 is 0.720 bits per heavy atom. The van der Waals surface area contributed by atoms with Crippen molar-refractivity contribution >= 4 is 17.7 Å². The van der Waals surface area contributed by atoms with Crippen LogP contribution in [0, 0.1) is 5.82 Å². The maximum Gasteiger partial charge on any atom is 0.123 e. The van der Waals surface area contributed by atoms with Crippen molar-refractivity contribution in [1.29, 1.82) is 0 Å². The van der Waals surface area contributed by atoms with E-state index < -0.39 is 0 Å². The first-order chi connectivity index (χ1) is 12.3. The van der Waals surface area contributed by atoms with Gasteiger partial charge in [-0.05, 0) is 64.4 Å². The molecule has 0 heterocycles. The lowest BCUT2D eigenvalue weighted by Crippen LogP contribution is -1.91. The summed E-state index contributed by atoms with van der Waals surface area (Å²) in [5.74, 6) is -0.187. The number of allylic oxidation sites excluding steroid dienone is 2. The van der Waals surface area contributed by atoms with Crippen molar-refractivity contribution in [3.8, 4) is 0 Å². The van der Waals surface area contributed by atoms with Crippen LogP contribution in [0.25, 0.3) is 17.7 Å². The second-order valence-corrected chi connectivity index (χ2v) is 6.40. The first kappa shape index (κ1) is 15.6. The van der Waals surface area contributed by atoms with E-state index in [9.17, 15) is 4.39 Å². The second kappa shape index (κ2) is 6.90. The van der Waals surface area contributed by atoms with Gasteiger partial charge in [-0.25, -0.2) is 4.39 Å². The van der Waals surface area contributed by atoms with Crippen molar-refractivity contribution < 1.29 is 4.39 Å². The van der Waals surface area contributed by atoms with Crippen LogP contribution in [0.3, 0.4) is 0 Å². The van der Waals surface area contributed by atoms with Crippen LogP contribution >= 0.6 is 0 Å². The third kappa shape index (κ3) is 3.61. The minimum Gasteiger partial charge on any atom is -0.207 e. The molecule has 4 rings (SSSR count). The zero-order valence-corrected chi connectivity index (χ0v) is 14.0. The van der Waals surface area contributed by atoms with Gasteiger partial charge in [0.2, 0.25) is 0 Å². The molecule has 0 N–H and O–H groups in total. The highest BCUT2D eigenvalue weighted by Crippen LogP contribution is 2.31. The van der Waals surface area contributed by atoms with Gasteiger partial charge < -0.3 is 0 Å². The summed E-state index contributed by atoms with van der Waals surface area (Å²) in [4.78, 5) is 0. The van der Waals surface area contributed by atoms with E-state index in [4.69, 9.17) is 0 Å². The van der Waals surface area contributed by atoms with Crippen molar-refractivity contribution in [3.05, 3.63) is 113 Å². The molecule has 0 amide bonds. The molecule has 1 aliphatic rings. The van der Waals surface area contributed by atoms with Gasteiger partial charge in [-0.3, -0.25) is 0 Å². The molecule has 0 nitrogen and oxygen atoms in total. The monoisotopic (exact) mass is 326 g/mol. The van der Waals surface area contributed by atoms with Crippen LogP contribution in [-0.2, 0) is 12.8 Å². The van der Waals surface area contributed by atoms with E-state index in [-0.39, 0.29) is 5.82 Å². The lowest BCUT2D eigenvalue weighted by molar-refractivity contribution is 0.627. The predicted molar refractivity (Wildman–Crippen MR) is 104 cm³/mol. The van der Waals surface area contributed by atoms with Crippen molar-refractivity contribution in [2.24, 2.45) is 0 Å². The Balaban J connectivity index is 1.54. The van der Waals surface area contributed by atoms with Crippen LogP contribution in [0.15, 0.2) is 78.9 Å². The molecule has 0 saturated carbocycles. The summed E-state index contributed by atoms with van der Waals surface area (Å²) in [5, 5.41) is 0. The molecule has 3 aromatic rings. The summed E-state index contributed by atoms with van der Waals surface area (Å²) < 4.78 is 13.3. The van der Waals surface area contributed by atoms with Crippen LogP contribution in [0.4, 0.5) is 4.39 Å². The maximum absolute atomic E-state index is 13.3. The number of halogens is 1. The number of rotatable bonds is 4. The molecule has 3 aromatic carbocycles. The molecule has 0 atom stereocenters. The van der Waals surface area contributed by atoms with Gasteiger partial charge in [0.05, 0.1) is 0 Å². The van der Waals surface area contributed by atoms with Gasteiger partial charge in [-0.15, -0.1) is 0 Å². The highest BCUT2D eigenvalue weighted by Gasteiger charge is 2.11. The van der Waals surface area contributed by atoms with Crippen molar-refractivity contribution in [2.75, 3.05) is 0 Å². The average Bonchev–Trinajstić information content (AvgIpc) is 3.03. The highest BCUT2D eigenvalue weighted by atomic mass is 19.1. The Labute approximate surface area is 148 Å². The molecular weight excluding hydrogens is 307 g/mol. The summed E-state index contributed by atoms with van der Waals surface area (Å²) in [5.41, 5.74) is 7.06. The Kier molecular flexibility index (Phi) is 4.30. The minimum atomic E-state index is -0.187. The van der Waals surface area contributed by atoms with Gasteiger partial charge in [0.1, 0.15) is 5.82 Å². The average molecular weight is 326 g/mol. The molecule has 1 aliphatic carbocycles. The summed E-state index contributed by atoms with van der Waals surface area (Å²) in [6.45, 7) is 0. The predicted octanol–water partition coefficient (Wildman–Crippen LogP) is 6.18. The second-order valence-electron chi connectivity index (χ2n) is 6.40. The third-order valence-corrected chi connectivity index (χ3v) is 4.59. The lowest BCUT2D eigenvalue weighted by Gasteiger charge is -2.05. The van der Waals surface area contributed by atoms with Gasteiger partial charge in [-0.1, -0.05) is 72.8 Å². The fraction of sp³-hybridized carbons (Fsp3) is 0.0833. The van der Waals surface area contributed by atoms with Gasteiger partial charge in [0.25, 0.3) is 0 Å². The fourth-order valence-corrected chi connectivity index (χ4v) is 3.28. The SMILES string of the molecule is Fc1ccc2c(c1)C=C/C2=C\c1cccc(CCc2ccccc2)c1. The fourth-order valence-electron chi connectivity index (χ4n) is 3.28. The van der Waals surface area contributed by atoms with Crippen LogP contribution in [0.1, 0.15) is 27.8 Å². The van der Waals surface area contributed by atoms with Gasteiger partial charge >= 0.3 is 0 Å². The normalized spacial score (nSPS) is 14.0. The number of aryl methyl sites for hydroxylation is 2. The quantitative estimate of drug-likeness (QED) is 0.537. The molecule has 0 aromatic heterocycles. The first-order valence-corrected chi connectivity index (χ1v) is 8.60. The van der Waals surface area contributed by atoms with Crippen molar-refractivity contribution in [3.63, 3.8) is 0 Å². The van der Waals surface area contributed by atoms with E-state index in [1.807, 2.05) is 12.1 Å². The molecule has 0 aliphatic heterocycles. The largest absolute Gasteiger partial charge is 0.207 e. The van der Waals surface area contributed by atoms with Crippen LogP contribution in [-0.4, -0.2) is 0 Å². The molecule has 0 unspecified atom stereocenters. The molecule has 25 heavy (non-hydrogen) atoms. The summed E-state index contributed by atoms with van der Waals surface area (Å²) in [6, 6.07) is 24.2. The van der Waals surface area contributed by atoms with Gasteiger partial charge in [0, 0.05) is 0 Å². The van der Waals surface area contributed by atoms with Crippen LogP contribution in [0.2, 0.25) is 0 Å². The van der Waals surface area contributed by atoms with Gasteiger partial charge in [0.15, 0.2) is 0 Å². The zero-order chi connectivity index (χ0) is 17.1. The number of hydrogen-bond acceptors (Lipinski definition) is 0. The lowest BCUT2D eigenvalue weighted by atomic mass is 10.00. The van der Waals surface area contributed by atoms with E-state index in [0.717, 1.165) is 29.5 Å². The summed E-state index contributed by atoms with van der Waals surface area (Å²) in [6.07, 6.45) is 8.28. The standard InChI is InChI=1S/C24H19F/c25-23-13-14-24-21(11-12-22(24)17-23)16-20-8-4-7-19(15-20)10-9-18-5-2-1-3-6-18/h1-8,11-17H,9-10H2/b21-16+. The highest BCUT2D eigenvalue weighted by molar-refractivity contribution is 5.97. The number of hydrogen-bond donors (Lipinski definition) is 0. The number of benzene rings is 3. The molecular formula is C24H19F. The molecule has 0 fully saturated rings. The van der Waals surface area contributed by atoms with E-state index in [1.54, 1.807) is 6.07 Å². The van der Waals surface area contributed by atoms with Gasteiger partial charge in [-0.2, -0.15) is 0 Å². The topological polar surface area (TPSA) is 0 Å². The Bertz CT molecular complexity index is 949. The summed E-state index contributed by atoms with van der Waals surface area (Å²) in [7, 11) is 0. The molecule has 0 bridgehead atoms. The Hall–Kier alpha value is -2.93.